The number of benzene rings is 2. The minimum absolute atomic E-state index is 0.0257. The van der Waals surface area contributed by atoms with Gasteiger partial charge in [0, 0.05) is 39.0 Å². The van der Waals surface area contributed by atoms with Crippen molar-refractivity contribution in [1.82, 2.24) is 9.21 Å². The standard InChI is InChI=1S/C22H27F2N3O4S/c1-25-10-5-11-27(22(28)16-31-2)21-7-4-3-6-17(21)15-26(13-12-25)32(29,30)18-8-9-19(23)20(24)14-18/h3-4,6-9,14H,5,10-13,15-16H2,1-2H3. The molecule has 1 amide bonds. The molecule has 0 saturated carbocycles. The van der Waals surface area contributed by atoms with Crippen LogP contribution in [0.1, 0.15) is 12.0 Å². The number of nitrogens with zero attached hydrogens (tertiary/aromatic N) is 3. The van der Waals surface area contributed by atoms with Crippen molar-refractivity contribution in [1.29, 1.82) is 0 Å². The lowest BCUT2D eigenvalue weighted by Crippen LogP contribution is -2.37. The zero-order valence-electron chi connectivity index (χ0n) is 18.1. The number of fused-ring (bicyclic) bond motifs is 1. The maximum atomic E-state index is 13.8. The lowest BCUT2D eigenvalue weighted by atomic mass is 10.1. The van der Waals surface area contributed by atoms with Crippen molar-refractivity contribution in [3.8, 4) is 0 Å². The summed E-state index contributed by atoms with van der Waals surface area (Å²) in [6, 6.07) is 9.64. The van der Waals surface area contributed by atoms with Crippen LogP contribution in [-0.2, 0) is 26.1 Å². The number of carbonyl (C=O) groups excluding carboxylic acids is 1. The molecule has 1 heterocycles. The van der Waals surface area contributed by atoms with Gasteiger partial charge in [0.15, 0.2) is 11.6 Å². The van der Waals surface area contributed by atoms with Crippen LogP contribution in [-0.4, -0.2) is 70.5 Å². The lowest BCUT2D eigenvalue weighted by molar-refractivity contribution is -0.122. The van der Waals surface area contributed by atoms with E-state index in [-0.39, 0.29) is 30.5 Å². The third-order valence-corrected chi connectivity index (χ3v) is 7.22. The first kappa shape index (κ1) is 24.2. The predicted molar refractivity (Wildman–Crippen MR) is 117 cm³/mol. The Hall–Kier alpha value is -2.40. The number of para-hydroxylation sites is 1. The highest BCUT2D eigenvalue weighted by Gasteiger charge is 2.28. The minimum Gasteiger partial charge on any atom is -0.375 e. The molecule has 1 aliphatic rings. The van der Waals surface area contributed by atoms with Gasteiger partial charge >= 0.3 is 0 Å². The number of halogens is 2. The molecule has 0 spiro atoms. The number of sulfonamides is 1. The Balaban J connectivity index is 2.04. The number of ether oxygens (including phenoxy) is 1. The average Bonchev–Trinajstić information content (AvgIpc) is 2.79. The Kier molecular flexibility index (Phi) is 7.94. The van der Waals surface area contributed by atoms with E-state index < -0.39 is 21.7 Å². The molecule has 0 bridgehead atoms. The second kappa shape index (κ2) is 10.5. The number of methoxy groups -OCH3 is 1. The first-order chi connectivity index (χ1) is 15.2. The molecule has 174 valence electrons. The predicted octanol–water partition coefficient (Wildman–Crippen LogP) is 2.47. The Morgan fingerprint density at radius 1 is 1.03 bits per heavy atom. The molecule has 0 fully saturated rings. The van der Waals surface area contributed by atoms with Crippen molar-refractivity contribution in [2.24, 2.45) is 0 Å². The molecule has 0 aliphatic carbocycles. The first-order valence-electron chi connectivity index (χ1n) is 10.2. The molecule has 2 aromatic rings. The van der Waals surface area contributed by atoms with E-state index >= 15 is 0 Å². The van der Waals surface area contributed by atoms with Gasteiger partial charge in [-0.05, 0) is 49.8 Å². The van der Waals surface area contributed by atoms with Gasteiger partial charge in [-0.2, -0.15) is 4.31 Å². The number of carbonyl (C=O) groups is 1. The number of hydrogen-bond donors (Lipinski definition) is 0. The van der Waals surface area contributed by atoms with Crippen LogP contribution in [0.3, 0.4) is 0 Å². The molecule has 10 heteroatoms. The van der Waals surface area contributed by atoms with Crippen molar-refractivity contribution in [2.75, 3.05) is 51.8 Å². The molecule has 0 atom stereocenters. The molecule has 0 N–H and O–H groups in total. The van der Waals surface area contributed by atoms with Crippen molar-refractivity contribution in [3.05, 3.63) is 59.7 Å². The zero-order valence-corrected chi connectivity index (χ0v) is 18.9. The molecule has 0 saturated heterocycles. The maximum absolute atomic E-state index is 13.8. The van der Waals surface area contributed by atoms with Crippen molar-refractivity contribution in [2.45, 2.75) is 17.9 Å². The van der Waals surface area contributed by atoms with Crippen molar-refractivity contribution >= 4 is 21.6 Å². The molecule has 0 radical (unpaired) electrons. The van der Waals surface area contributed by atoms with Gasteiger partial charge in [-0.15, -0.1) is 0 Å². The van der Waals surface area contributed by atoms with E-state index in [1.54, 1.807) is 29.2 Å². The Bertz CT molecular complexity index is 1060. The number of anilines is 1. The highest BCUT2D eigenvalue weighted by atomic mass is 32.2. The van der Waals surface area contributed by atoms with Crippen LogP contribution in [0.5, 0.6) is 0 Å². The van der Waals surface area contributed by atoms with Gasteiger partial charge in [0.1, 0.15) is 6.61 Å². The van der Waals surface area contributed by atoms with E-state index in [2.05, 4.69) is 0 Å². The fourth-order valence-corrected chi connectivity index (χ4v) is 5.06. The van der Waals surface area contributed by atoms with E-state index in [1.807, 2.05) is 11.9 Å². The van der Waals surface area contributed by atoms with E-state index in [9.17, 15) is 22.0 Å². The molecule has 2 aromatic carbocycles. The molecule has 7 nitrogen and oxygen atoms in total. The summed E-state index contributed by atoms with van der Waals surface area (Å²) < 4.78 is 60.1. The molecule has 0 unspecified atom stereocenters. The second-order valence-electron chi connectivity index (χ2n) is 7.68. The normalized spacial score (nSPS) is 16.9. The van der Waals surface area contributed by atoms with Gasteiger partial charge in [0.05, 0.1) is 4.90 Å². The van der Waals surface area contributed by atoms with Crippen molar-refractivity contribution in [3.63, 3.8) is 0 Å². The van der Waals surface area contributed by atoms with Crippen LogP contribution in [0, 0.1) is 11.6 Å². The first-order valence-corrected chi connectivity index (χ1v) is 11.7. The van der Waals surface area contributed by atoms with Gasteiger partial charge in [-0.25, -0.2) is 17.2 Å². The molecular formula is C22H27F2N3O4S. The Morgan fingerprint density at radius 2 is 1.78 bits per heavy atom. The summed E-state index contributed by atoms with van der Waals surface area (Å²) in [5, 5.41) is 0. The quantitative estimate of drug-likeness (QED) is 0.691. The lowest BCUT2D eigenvalue weighted by Gasteiger charge is -2.27. The minimum atomic E-state index is -4.12. The maximum Gasteiger partial charge on any atom is 0.252 e. The molecule has 3 rings (SSSR count). The topological polar surface area (TPSA) is 70.2 Å². The van der Waals surface area contributed by atoms with Crippen LogP contribution < -0.4 is 4.90 Å². The molecule has 0 aromatic heterocycles. The van der Waals surface area contributed by atoms with Gasteiger partial charge in [0.25, 0.3) is 5.91 Å². The summed E-state index contributed by atoms with van der Waals surface area (Å²) in [7, 11) is -0.809. The van der Waals surface area contributed by atoms with Crippen LogP contribution in [0.25, 0.3) is 0 Å². The number of likely N-dealkylation sites (N-methyl/N-ethyl adjacent to an activating group) is 1. The smallest absolute Gasteiger partial charge is 0.252 e. The van der Waals surface area contributed by atoms with E-state index in [4.69, 9.17) is 4.74 Å². The molecule has 1 aliphatic heterocycles. The Morgan fingerprint density at radius 3 is 2.50 bits per heavy atom. The van der Waals surface area contributed by atoms with E-state index in [1.165, 1.54) is 11.4 Å². The Labute approximate surface area is 187 Å². The highest BCUT2D eigenvalue weighted by Crippen LogP contribution is 2.27. The molecule has 32 heavy (non-hydrogen) atoms. The fraction of sp³-hybridized carbons (Fsp3) is 0.409. The number of amides is 1. The zero-order chi connectivity index (χ0) is 23.3. The second-order valence-corrected chi connectivity index (χ2v) is 9.62. The summed E-state index contributed by atoms with van der Waals surface area (Å²) in [6.45, 7) is 1.58. The van der Waals surface area contributed by atoms with Gasteiger partial charge < -0.3 is 14.5 Å². The number of hydrogen-bond acceptors (Lipinski definition) is 5. The average molecular weight is 468 g/mol. The summed E-state index contributed by atoms with van der Waals surface area (Å²) in [5.41, 5.74) is 1.23. The fourth-order valence-electron chi connectivity index (χ4n) is 3.64. The van der Waals surface area contributed by atoms with E-state index in [0.29, 0.717) is 43.4 Å². The third kappa shape index (κ3) is 5.50. The van der Waals surface area contributed by atoms with Crippen LogP contribution >= 0.6 is 0 Å². The third-order valence-electron chi connectivity index (χ3n) is 5.38. The summed E-state index contributed by atoms with van der Waals surface area (Å²) in [6.07, 6.45) is 0.691. The van der Waals surface area contributed by atoms with Gasteiger partial charge in [0.2, 0.25) is 10.0 Å². The number of rotatable bonds is 4. The van der Waals surface area contributed by atoms with Crippen LogP contribution in [0.15, 0.2) is 47.4 Å². The van der Waals surface area contributed by atoms with E-state index in [0.717, 1.165) is 12.1 Å². The van der Waals surface area contributed by atoms with Gasteiger partial charge in [-0.3, -0.25) is 4.79 Å². The SMILES string of the molecule is COCC(=O)N1CCCN(C)CCN(S(=O)(=O)c2ccc(F)c(F)c2)Cc2ccccc21. The van der Waals surface area contributed by atoms with Gasteiger partial charge in [-0.1, -0.05) is 18.2 Å². The monoisotopic (exact) mass is 467 g/mol. The summed E-state index contributed by atoms with van der Waals surface area (Å²) >= 11 is 0. The summed E-state index contributed by atoms with van der Waals surface area (Å²) in [5.74, 6) is -2.56. The van der Waals surface area contributed by atoms with Crippen molar-refractivity contribution < 1.29 is 26.7 Å². The highest BCUT2D eigenvalue weighted by molar-refractivity contribution is 7.89. The summed E-state index contributed by atoms with van der Waals surface area (Å²) in [4.78, 5) is 16.0. The largest absolute Gasteiger partial charge is 0.375 e. The van der Waals surface area contributed by atoms with Crippen LogP contribution in [0.2, 0.25) is 0 Å². The van der Waals surface area contributed by atoms with Crippen LogP contribution in [0.4, 0.5) is 14.5 Å². The molecular weight excluding hydrogens is 440 g/mol.